The van der Waals surface area contributed by atoms with E-state index in [-0.39, 0.29) is 16.8 Å². The van der Waals surface area contributed by atoms with Crippen LogP contribution in [0.25, 0.3) is 0 Å². The Hall–Kier alpha value is -1.16. The van der Waals surface area contributed by atoms with Gasteiger partial charge in [0.1, 0.15) is 17.5 Å². The number of carbonyl (C=O) groups excluding carboxylic acids is 2. The van der Waals surface area contributed by atoms with Crippen molar-refractivity contribution in [3.05, 3.63) is 12.2 Å². The van der Waals surface area contributed by atoms with Gasteiger partial charge in [0, 0.05) is 24.2 Å². The van der Waals surface area contributed by atoms with Crippen LogP contribution in [0.15, 0.2) is 12.2 Å². The molecule has 0 unspecified atom stereocenters. The van der Waals surface area contributed by atoms with Crippen LogP contribution in [-0.4, -0.2) is 28.6 Å². The van der Waals surface area contributed by atoms with E-state index in [0.29, 0.717) is 42.8 Å². The molecular formula is C21H30O4. The van der Waals surface area contributed by atoms with E-state index < -0.39 is 11.7 Å². The van der Waals surface area contributed by atoms with E-state index in [0.717, 1.165) is 25.7 Å². The second kappa shape index (κ2) is 5.42. The molecule has 4 heteroatoms. The summed E-state index contributed by atoms with van der Waals surface area (Å²) in [6, 6.07) is 0. The average Bonchev–Trinajstić information content (AvgIpc) is 2.84. The number of hydrogen-bond acceptors (Lipinski definition) is 4. The minimum absolute atomic E-state index is 0.210. The number of ether oxygens (including phenoxy) is 1. The molecular weight excluding hydrogens is 316 g/mol. The number of hydrogen-bond donors (Lipinski definition) is 1. The molecule has 0 radical (unpaired) electrons. The zero-order valence-corrected chi connectivity index (χ0v) is 15.6. The molecule has 1 N–H and O–H groups in total. The number of esters is 1. The van der Waals surface area contributed by atoms with Crippen LogP contribution in [0.3, 0.4) is 0 Å². The molecule has 0 saturated heterocycles. The number of rotatable bonds is 1. The summed E-state index contributed by atoms with van der Waals surface area (Å²) >= 11 is 0. The minimum Gasteiger partial charge on any atom is -0.459 e. The van der Waals surface area contributed by atoms with Gasteiger partial charge >= 0.3 is 5.97 Å². The van der Waals surface area contributed by atoms with Gasteiger partial charge in [-0.2, -0.15) is 0 Å². The Kier molecular flexibility index (Phi) is 3.74. The summed E-state index contributed by atoms with van der Waals surface area (Å²) in [6.45, 7) is 5.76. The van der Waals surface area contributed by atoms with Gasteiger partial charge in [-0.3, -0.25) is 9.59 Å². The van der Waals surface area contributed by atoms with Gasteiger partial charge in [0.2, 0.25) is 0 Å². The smallest absolute Gasteiger partial charge is 0.303 e. The maximum Gasteiger partial charge on any atom is 0.303 e. The maximum atomic E-state index is 12.5. The van der Waals surface area contributed by atoms with Crippen molar-refractivity contribution in [1.82, 2.24) is 0 Å². The fourth-order valence-electron chi connectivity index (χ4n) is 6.94. The van der Waals surface area contributed by atoms with Crippen molar-refractivity contribution in [2.24, 2.45) is 28.6 Å². The highest BCUT2D eigenvalue weighted by Gasteiger charge is 2.67. The van der Waals surface area contributed by atoms with Gasteiger partial charge in [-0.15, -0.1) is 0 Å². The number of Topliss-reactive ketones (excluding diaryl/α,β-unsaturated/α-hetero) is 1. The van der Waals surface area contributed by atoms with E-state index in [1.165, 1.54) is 6.92 Å². The van der Waals surface area contributed by atoms with E-state index in [4.69, 9.17) is 4.74 Å². The fourth-order valence-corrected chi connectivity index (χ4v) is 6.94. The van der Waals surface area contributed by atoms with Crippen molar-refractivity contribution in [2.45, 2.75) is 77.4 Å². The summed E-state index contributed by atoms with van der Waals surface area (Å²) < 4.78 is 5.68. The average molecular weight is 346 g/mol. The van der Waals surface area contributed by atoms with Gasteiger partial charge in [0.05, 0.1) is 0 Å². The highest BCUT2D eigenvalue weighted by molar-refractivity contribution is 5.87. The maximum absolute atomic E-state index is 12.5. The number of aliphatic hydroxyl groups is 1. The summed E-state index contributed by atoms with van der Waals surface area (Å²) in [6.07, 6.45) is 9.35. The lowest BCUT2D eigenvalue weighted by atomic mass is 9.44. The topological polar surface area (TPSA) is 63.6 Å². The highest BCUT2D eigenvalue weighted by atomic mass is 16.6. The molecule has 0 spiro atoms. The Morgan fingerprint density at radius 2 is 1.92 bits per heavy atom. The van der Waals surface area contributed by atoms with Crippen molar-refractivity contribution in [2.75, 3.05) is 0 Å². The molecule has 0 aromatic heterocycles. The van der Waals surface area contributed by atoms with Crippen molar-refractivity contribution in [3.63, 3.8) is 0 Å². The molecule has 4 nitrogen and oxygen atoms in total. The van der Waals surface area contributed by atoms with Crippen LogP contribution in [0.5, 0.6) is 0 Å². The van der Waals surface area contributed by atoms with Gasteiger partial charge < -0.3 is 9.84 Å². The number of allylic oxidation sites excluding steroid dienone is 1. The molecule has 7 atom stereocenters. The van der Waals surface area contributed by atoms with Crippen LogP contribution in [0.2, 0.25) is 0 Å². The molecule has 0 aromatic carbocycles. The molecule has 0 heterocycles. The molecule has 25 heavy (non-hydrogen) atoms. The van der Waals surface area contributed by atoms with Crippen LogP contribution in [-0.2, 0) is 14.3 Å². The lowest BCUT2D eigenvalue weighted by Gasteiger charge is -2.63. The Morgan fingerprint density at radius 3 is 2.64 bits per heavy atom. The SMILES string of the molecule is CC(=O)O[C@@H]1C[C@H]2[C@@H]3CCC(=O)[C@@]3(C)CC[C@@H]2[C@@]2(C)CC=CC[C@]12O. The van der Waals surface area contributed by atoms with E-state index in [1.54, 1.807) is 0 Å². The van der Waals surface area contributed by atoms with E-state index >= 15 is 0 Å². The van der Waals surface area contributed by atoms with Gasteiger partial charge in [-0.25, -0.2) is 0 Å². The highest BCUT2D eigenvalue weighted by Crippen LogP contribution is 2.66. The number of fused-ring (bicyclic) bond motifs is 5. The first-order valence-electron chi connectivity index (χ1n) is 9.80. The van der Waals surface area contributed by atoms with Crippen LogP contribution < -0.4 is 0 Å². The predicted molar refractivity (Wildman–Crippen MR) is 93.7 cm³/mol. The summed E-state index contributed by atoms with van der Waals surface area (Å²) in [5, 5.41) is 11.7. The van der Waals surface area contributed by atoms with Crippen molar-refractivity contribution in [1.29, 1.82) is 0 Å². The standard InChI is InChI=1S/C21H30O4/c1-13(22)25-18-12-14-15-6-7-17(23)19(15,2)11-8-16(14)20(3)9-4-5-10-21(18,20)24/h4-5,14-16,18,24H,6-12H2,1-3H3/t14-,15-,16-,18+,19-,20+,21-/m0/s1. The monoisotopic (exact) mass is 346 g/mol. The molecule has 0 aliphatic heterocycles. The summed E-state index contributed by atoms with van der Waals surface area (Å²) in [5.74, 6) is 1.19. The first-order valence-corrected chi connectivity index (χ1v) is 9.80. The molecule has 0 bridgehead atoms. The van der Waals surface area contributed by atoms with Crippen LogP contribution in [0.4, 0.5) is 0 Å². The Balaban J connectivity index is 1.76. The molecule has 3 saturated carbocycles. The zero-order valence-electron chi connectivity index (χ0n) is 15.6. The number of ketones is 1. The van der Waals surface area contributed by atoms with Crippen LogP contribution in [0.1, 0.15) is 65.7 Å². The van der Waals surface area contributed by atoms with Crippen molar-refractivity contribution >= 4 is 11.8 Å². The van der Waals surface area contributed by atoms with E-state index in [9.17, 15) is 14.7 Å². The Labute approximate surface area is 150 Å². The Bertz CT molecular complexity index is 640. The second-order valence-electron chi connectivity index (χ2n) is 9.35. The molecule has 4 aliphatic carbocycles. The van der Waals surface area contributed by atoms with Crippen LogP contribution >= 0.6 is 0 Å². The third kappa shape index (κ3) is 2.16. The third-order valence-electron chi connectivity index (χ3n) is 8.42. The first kappa shape index (κ1) is 17.3. The van der Waals surface area contributed by atoms with E-state index in [2.05, 4.69) is 19.9 Å². The van der Waals surface area contributed by atoms with Gasteiger partial charge in [-0.1, -0.05) is 26.0 Å². The molecule has 0 aromatic rings. The predicted octanol–water partition coefficient (Wildman–Crippen LogP) is 3.42. The number of carbonyl (C=O) groups is 2. The quantitative estimate of drug-likeness (QED) is 0.584. The summed E-state index contributed by atoms with van der Waals surface area (Å²) in [7, 11) is 0. The normalized spacial score (nSPS) is 51.4. The largest absolute Gasteiger partial charge is 0.459 e. The lowest BCUT2D eigenvalue weighted by Crippen LogP contribution is -2.67. The van der Waals surface area contributed by atoms with Crippen molar-refractivity contribution in [3.8, 4) is 0 Å². The minimum atomic E-state index is -0.995. The molecule has 138 valence electrons. The van der Waals surface area contributed by atoms with Crippen molar-refractivity contribution < 1.29 is 19.4 Å². The van der Waals surface area contributed by atoms with Gasteiger partial charge in [0.15, 0.2) is 0 Å². The molecule has 3 fully saturated rings. The molecule has 4 aliphatic rings. The molecule has 4 rings (SSSR count). The first-order chi connectivity index (χ1) is 11.7. The molecule has 0 amide bonds. The zero-order chi connectivity index (χ0) is 18.0. The Morgan fingerprint density at radius 1 is 1.20 bits per heavy atom. The van der Waals surface area contributed by atoms with E-state index in [1.807, 2.05) is 6.08 Å². The second-order valence-corrected chi connectivity index (χ2v) is 9.35. The fraction of sp³-hybridized carbons (Fsp3) is 0.810. The third-order valence-corrected chi connectivity index (χ3v) is 8.42. The van der Waals surface area contributed by atoms with Crippen LogP contribution in [0, 0.1) is 28.6 Å². The summed E-state index contributed by atoms with van der Waals surface area (Å²) in [4.78, 5) is 24.3. The summed E-state index contributed by atoms with van der Waals surface area (Å²) in [5.41, 5.74) is -1.50. The van der Waals surface area contributed by atoms with Gasteiger partial charge in [0.25, 0.3) is 0 Å². The lowest BCUT2D eigenvalue weighted by molar-refractivity contribution is -0.244. The van der Waals surface area contributed by atoms with Gasteiger partial charge in [-0.05, 0) is 56.3 Å².